The average Bonchev–Trinajstić information content (AvgIpc) is 2.64. The molecule has 1 atom stereocenters. The molecule has 2 rings (SSSR count). The second-order valence-corrected chi connectivity index (χ2v) is 5.69. The lowest BCUT2D eigenvalue weighted by molar-refractivity contribution is 0.351. The normalized spacial score (nSPS) is 21.1. The van der Waals surface area contributed by atoms with Crippen molar-refractivity contribution in [3.8, 4) is 0 Å². The van der Waals surface area contributed by atoms with Crippen LogP contribution in [0.2, 0.25) is 0 Å². The molecule has 100 valence electrons. The minimum Gasteiger partial charge on any atom is -0.355 e. The van der Waals surface area contributed by atoms with Crippen molar-refractivity contribution >= 4 is 17.4 Å². The van der Waals surface area contributed by atoms with Gasteiger partial charge in [-0.15, -0.1) is 11.6 Å². The highest BCUT2D eigenvalue weighted by Gasteiger charge is 2.20. The molecule has 0 saturated carbocycles. The van der Waals surface area contributed by atoms with Gasteiger partial charge in [-0.3, -0.25) is 4.98 Å². The first-order valence-corrected chi connectivity index (χ1v) is 7.36. The van der Waals surface area contributed by atoms with Crippen LogP contribution >= 0.6 is 11.6 Å². The van der Waals surface area contributed by atoms with E-state index in [-0.39, 0.29) is 0 Å². The highest BCUT2D eigenvalue weighted by molar-refractivity contribution is 6.16. The lowest BCUT2D eigenvalue weighted by Crippen LogP contribution is -2.25. The van der Waals surface area contributed by atoms with Crippen LogP contribution in [0.15, 0.2) is 12.4 Å². The maximum absolute atomic E-state index is 5.81. The quantitative estimate of drug-likeness (QED) is 0.785. The van der Waals surface area contributed by atoms with Gasteiger partial charge in [-0.1, -0.05) is 13.8 Å². The van der Waals surface area contributed by atoms with Crippen LogP contribution in [0.5, 0.6) is 0 Å². The topological polar surface area (TPSA) is 29.0 Å². The average molecular weight is 268 g/mol. The Hall–Kier alpha value is -0.830. The van der Waals surface area contributed by atoms with Crippen LogP contribution in [0.1, 0.15) is 38.8 Å². The Morgan fingerprint density at radius 3 is 2.89 bits per heavy atom. The largest absolute Gasteiger partial charge is 0.355 e. The molecule has 1 aromatic heterocycles. The Balaban J connectivity index is 2.04. The summed E-state index contributed by atoms with van der Waals surface area (Å²) in [6.45, 7) is 6.83. The van der Waals surface area contributed by atoms with Crippen molar-refractivity contribution in [3.63, 3.8) is 0 Å². The molecule has 1 fully saturated rings. The standard InChI is InChI=1S/C14H22ClN3/c1-11(2)12-4-3-6-18(7-5-12)14-10-16-9-13(8-15)17-14/h9-12H,3-8H2,1-2H3. The Morgan fingerprint density at radius 2 is 2.17 bits per heavy atom. The molecule has 0 aliphatic carbocycles. The molecule has 1 aromatic rings. The van der Waals surface area contributed by atoms with E-state index in [0.717, 1.165) is 36.4 Å². The van der Waals surface area contributed by atoms with Crippen molar-refractivity contribution in [2.45, 2.75) is 39.0 Å². The van der Waals surface area contributed by atoms with Gasteiger partial charge in [0, 0.05) is 19.3 Å². The number of hydrogen-bond acceptors (Lipinski definition) is 3. The van der Waals surface area contributed by atoms with E-state index in [0.29, 0.717) is 5.88 Å². The maximum Gasteiger partial charge on any atom is 0.147 e. The van der Waals surface area contributed by atoms with E-state index in [1.165, 1.54) is 19.3 Å². The number of rotatable bonds is 3. The number of hydrogen-bond donors (Lipinski definition) is 0. The summed E-state index contributed by atoms with van der Waals surface area (Å²) in [7, 11) is 0. The molecule has 1 aliphatic rings. The Labute approximate surface area is 115 Å². The predicted octanol–water partition coefficient (Wildman–Crippen LogP) is 3.48. The number of aromatic nitrogens is 2. The second-order valence-electron chi connectivity index (χ2n) is 5.42. The number of nitrogens with zero attached hydrogens (tertiary/aromatic N) is 3. The molecule has 0 N–H and O–H groups in total. The summed E-state index contributed by atoms with van der Waals surface area (Å²) in [5, 5.41) is 0. The molecular formula is C14H22ClN3. The SMILES string of the molecule is CC(C)C1CCCN(c2cncc(CCl)n2)CC1. The van der Waals surface area contributed by atoms with Gasteiger partial charge in [-0.05, 0) is 31.1 Å². The van der Waals surface area contributed by atoms with Crippen LogP contribution in [-0.4, -0.2) is 23.1 Å². The van der Waals surface area contributed by atoms with Crippen LogP contribution in [-0.2, 0) is 5.88 Å². The second kappa shape index (κ2) is 6.37. The van der Waals surface area contributed by atoms with Gasteiger partial charge in [0.25, 0.3) is 0 Å². The molecular weight excluding hydrogens is 246 g/mol. The van der Waals surface area contributed by atoms with E-state index in [9.17, 15) is 0 Å². The zero-order chi connectivity index (χ0) is 13.0. The van der Waals surface area contributed by atoms with Crippen LogP contribution in [0.25, 0.3) is 0 Å². The summed E-state index contributed by atoms with van der Waals surface area (Å²) >= 11 is 5.81. The predicted molar refractivity (Wildman–Crippen MR) is 76.0 cm³/mol. The van der Waals surface area contributed by atoms with E-state index < -0.39 is 0 Å². The molecule has 18 heavy (non-hydrogen) atoms. The Morgan fingerprint density at radius 1 is 1.33 bits per heavy atom. The van der Waals surface area contributed by atoms with Gasteiger partial charge < -0.3 is 4.90 Å². The number of halogens is 1. The van der Waals surface area contributed by atoms with Gasteiger partial charge in [0.1, 0.15) is 5.82 Å². The third kappa shape index (κ3) is 3.35. The fourth-order valence-corrected chi connectivity index (χ4v) is 2.76. The summed E-state index contributed by atoms with van der Waals surface area (Å²) in [5.74, 6) is 3.05. The molecule has 0 radical (unpaired) electrons. The van der Waals surface area contributed by atoms with Crippen LogP contribution in [0, 0.1) is 11.8 Å². The zero-order valence-electron chi connectivity index (χ0n) is 11.3. The third-order valence-electron chi connectivity index (χ3n) is 3.85. The van der Waals surface area contributed by atoms with Crippen LogP contribution in [0.3, 0.4) is 0 Å². The van der Waals surface area contributed by atoms with E-state index >= 15 is 0 Å². The zero-order valence-corrected chi connectivity index (χ0v) is 12.0. The van der Waals surface area contributed by atoms with Crippen molar-refractivity contribution in [1.29, 1.82) is 0 Å². The summed E-state index contributed by atoms with van der Waals surface area (Å²) < 4.78 is 0. The first-order chi connectivity index (χ1) is 8.70. The minimum absolute atomic E-state index is 0.434. The first-order valence-electron chi connectivity index (χ1n) is 6.82. The molecule has 0 bridgehead atoms. The number of alkyl halides is 1. The smallest absolute Gasteiger partial charge is 0.147 e. The fourth-order valence-electron chi connectivity index (χ4n) is 2.63. The van der Waals surface area contributed by atoms with Crippen molar-refractivity contribution in [2.24, 2.45) is 11.8 Å². The summed E-state index contributed by atoms with van der Waals surface area (Å²) in [4.78, 5) is 11.1. The van der Waals surface area contributed by atoms with Crippen molar-refractivity contribution in [3.05, 3.63) is 18.1 Å². The third-order valence-corrected chi connectivity index (χ3v) is 4.12. The van der Waals surface area contributed by atoms with Gasteiger partial charge in [0.2, 0.25) is 0 Å². The summed E-state index contributed by atoms with van der Waals surface area (Å²) in [6, 6.07) is 0. The molecule has 0 amide bonds. The molecule has 2 heterocycles. The highest BCUT2D eigenvalue weighted by Crippen LogP contribution is 2.26. The maximum atomic E-state index is 5.81. The summed E-state index contributed by atoms with van der Waals surface area (Å²) in [6.07, 6.45) is 7.42. The van der Waals surface area contributed by atoms with E-state index in [4.69, 9.17) is 11.6 Å². The summed E-state index contributed by atoms with van der Waals surface area (Å²) in [5.41, 5.74) is 0.860. The molecule has 1 aliphatic heterocycles. The van der Waals surface area contributed by atoms with E-state index in [1.807, 2.05) is 6.20 Å². The Kier molecular flexibility index (Phi) is 4.81. The van der Waals surface area contributed by atoms with Crippen LogP contribution in [0.4, 0.5) is 5.82 Å². The van der Waals surface area contributed by atoms with Gasteiger partial charge in [-0.2, -0.15) is 0 Å². The minimum atomic E-state index is 0.434. The van der Waals surface area contributed by atoms with Crippen molar-refractivity contribution in [1.82, 2.24) is 9.97 Å². The van der Waals surface area contributed by atoms with Gasteiger partial charge in [-0.25, -0.2) is 4.98 Å². The van der Waals surface area contributed by atoms with Crippen molar-refractivity contribution < 1.29 is 0 Å². The van der Waals surface area contributed by atoms with Gasteiger partial charge in [0.15, 0.2) is 0 Å². The Bertz CT molecular complexity index is 381. The van der Waals surface area contributed by atoms with Gasteiger partial charge >= 0.3 is 0 Å². The molecule has 1 unspecified atom stereocenters. The fraction of sp³-hybridized carbons (Fsp3) is 0.714. The first kappa shape index (κ1) is 13.6. The monoisotopic (exact) mass is 267 g/mol. The molecule has 0 spiro atoms. The van der Waals surface area contributed by atoms with Crippen LogP contribution < -0.4 is 4.90 Å². The number of anilines is 1. The molecule has 1 saturated heterocycles. The molecule has 4 heteroatoms. The van der Waals surface area contributed by atoms with E-state index in [1.54, 1.807) is 6.20 Å². The molecule has 3 nitrogen and oxygen atoms in total. The van der Waals surface area contributed by atoms with Gasteiger partial charge in [0.05, 0.1) is 17.8 Å². The lowest BCUT2D eigenvalue weighted by Gasteiger charge is -2.22. The lowest BCUT2D eigenvalue weighted by atomic mass is 9.89. The van der Waals surface area contributed by atoms with E-state index in [2.05, 4.69) is 28.7 Å². The highest BCUT2D eigenvalue weighted by atomic mass is 35.5. The van der Waals surface area contributed by atoms with Crippen molar-refractivity contribution in [2.75, 3.05) is 18.0 Å². The molecule has 0 aromatic carbocycles.